The van der Waals surface area contributed by atoms with Gasteiger partial charge in [-0.15, -0.1) is 0 Å². The molecule has 0 aliphatic carbocycles. The van der Waals surface area contributed by atoms with Crippen molar-refractivity contribution < 1.29 is 27.9 Å². The fourth-order valence-corrected chi connectivity index (χ4v) is 7.08. The van der Waals surface area contributed by atoms with E-state index in [1.54, 1.807) is 6.26 Å². The minimum atomic E-state index is -3.32. The number of nitrogens with one attached hydrogen (secondary N) is 1. The first kappa shape index (κ1) is 43.9. The average Bonchev–Trinajstić information content (AvgIpc) is 3.51. The number of hydrogen-bond donors (Lipinski definition) is 1. The van der Waals surface area contributed by atoms with Crippen molar-refractivity contribution in [1.29, 1.82) is 0 Å². The Morgan fingerprint density at radius 3 is 1.62 bits per heavy atom. The Morgan fingerprint density at radius 1 is 0.660 bits per heavy atom. The van der Waals surface area contributed by atoms with Crippen molar-refractivity contribution in [2.75, 3.05) is 26.4 Å². The molecular formula is C39H74NO6P. The first-order valence-corrected chi connectivity index (χ1v) is 21.4. The van der Waals surface area contributed by atoms with E-state index in [2.05, 4.69) is 31.1 Å². The van der Waals surface area contributed by atoms with Crippen LogP contribution in [0.5, 0.6) is 0 Å². The SMILES string of the molecule is CCCCCCCC/C=C\CCCCCCCC(=O)OC(CO/C=C\CCCCCCCCCCCCCC)COP1(=O)NCCO1. The van der Waals surface area contributed by atoms with Crippen LogP contribution in [-0.4, -0.2) is 38.4 Å². The van der Waals surface area contributed by atoms with E-state index in [0.29, 0.717) is 19.6 Å². The maximum Gasteiger partial charge on any atom is 0.405 e. The number of unbranched alkanes of at least 4 members (excludes halogenated alkanes) is 23. The Balaban J connectivity index is 2.13. The van der Waals surface area contributed by atoms with Gasteiger partial charge in [-0.2, -0.15) is 0 Å². The molecule has 47 heavy (non-hydrogen) atoms. The maximum absolute atomic E-state index is 12.6. The number of carbonyl (C=O) groups is 1. The van der Waals surface area contributed by atoms with Gasteiger partial charge in [0.05, 0.1) is 19.5 Å². The van der Waals surface area contributed by atoms with Crippen molar-refractivity contribution >= 4 is 13.7 Å². The second-order valence-electron chi connectivity index (χ2n) is 13.4. The van der Waals surface area contributed by atoms with Crippen LogP contribution in [0, 0.1) is 0 Å². The molecule has 8 heteroatoms. The molecule has 0 spiro atoms. The summed E-state index contributed by atoms with van der Waals surface area (Å²) >= 11 is 0. The lowest BCUT2D eigenvalue weighted by Gasteiger charge is -2.19. The van der Waals surface area contributed by atoms with Gasteiger partial charge in [-0.25, -0.2) is 9.65 Å². The lowest BCUT2D eigenvalue weighted by molar-refractivity contribution is -0.153. The molecule has 1 fully saturated rings. The third-order valence-corrected chi connectivity index (χ3v) is 10.4. The molecule has 2 unspecified atom stereocenters. The highest BCUT2D eigenvalue weighted by atomic mass is 31.2. The average molecular weight is 684 g/mol. The van der Waals surface area contributed by atoms with Gasteiger partial charge in [0.15, 0.2) is 6.10 Å². The number of ether oxygens (including phenoxy) is 2. The second kappa shape index (κ2) is 33.4. The molecule has 1 heterocycles. The van der Waals surface area contributed by atoms with Gasteiger partial charge in [0, 0.05) is 13.0 Å². The Labute approximate surface area is 290 Å². The number of hydrogen-bond acceptors (Lipinski definition) is 6. The summed E-state index contributed by atoms with van der Waals surface area (Å²) in [6, 6.07) is 0. The summed E-state index contributed by atoms with van der Waals surface area (Å²) in [6.07, 6.45) is 41.0. The van der Waals surface area contributed by atoms with E-state index in [1.807, 2.05) is 6.08 Å². The molecule has 0 bridgehead atoms. The van der Waals surface area contributed by atoms with Crippen LogP contribution >= 0.6 is 7.75 Å². The van der Waals surface area contributed by atoms with Gasteiger partial charge in [-0.3, -0.25) is 13.8 Å². The van der Waals surface area contributed by atoms with Gasteiger partial charge < -0.3 is 9.47 Å². The van der Waals surface area contributed by atoms with E-state index in [0.717, 1.165) is 38.5 Å². The zero-order chi connectivity index (χ0) is 33.9. The van der Waals surface area contributed by atoms with Crippen LogP contribution in [0.1, 0.15) is 187 Å². The van der Waals surface area contributed by atoms with Gasteiger partial charge in [-0.1, -0.05) is 148 Å². The molecule has 0 saturated carbocycles. The third-order valence-electron chi connectivity index (χ3n) is 8.74. The fourth-order valence-electron chi connectivity index (χ4n) is 5.76. The summed E-state index contributed by atoms with van der Waals surface area (Å²) < 4.78 is 34.6. The normalized spacial score (nSPS) is 17.2. The summed E-state index contributed by atoms with van der Waals surface area (Å²) in [4.78, 5) is 12.6. The van der Waals surface area contributed by atoms with Gasteiger partial charge in [-0.05, 0) is 51.0 Å². The predicted octanol–water partition coefficient (Wildman–Crippen LogP) is 12.3. The van der Waals surface area contributed by atoms with Crippen molar-refractivity contribution in [3.05, 3.63) is 24.5 Å². The van der Waals surface area contributed by atoms with Gasteiger partial charge in [0.2, 0.25) is 0 Å². The van der Waals surface area contributed by atoms with E-state index >= 15 is 0 Å². The first-order chi connectivity index (χ1) is 23.1. The Morgan fingerprint density at radius 2 is 1.13 bits per heavy atom. The number of allylic oxidation sites excluding steroid dienone is 3. The van der Waals surface area contributed by atoms with Crippen molar-refractivity contribution in [3.8, 4) is 0 Å². The van der Waals surface area contributed by atoms with E-state index < -0.39 is 13.9 Å². The van der Waals surface area contributed by atoms with Gasteiger partial charge >= 0.3 is 13.7 Å². The van der Waals surface area contributed by atoms with Crippen molar-refractivity contribution in [1.82, 2.24) is 5.09 Å². The lowest BCUT2D eigenvalue weighted by atomic mass is 10.0. The standard InChI is InChI=1S/C39H74NO6P/c1-3-5-7-9-11-13-15-17-19-20-22-24-26-28-30-32-39(41)46-38(37-45-47(42)40-33-35-44-47)36-43-34-31-29-27-25-23-21-18-16-14-12-10-8-6-4-2/h17,19,31,34,38H,3-16,18,20-30,32-33,35-37H2,1-2H3,(H,40,42)/b19-17-,34-31-. The van der Waals surface area contributed by atoms with E-state index in [4.69, 9.17) is 18.5 Å². The molecule has 2 atom stereocenters. The van der Waals surface area contributed by atoms with Crippen LogP contribution in [0.2, 0.25) is 0 Å². The minimum absolute atomic E-state index is 0.0328. The topological polar surface area (TPSA) is 83.1 Å². The Kier molecular flexibility index (Phi) is 31.1. The number of carbonyl (C=O) groups excluding carboxylic acids is 1. The fraction of sp³-hybridized carbons (Fsp3) is 0.872. The van der Waals surface area contributed by atoms with Crippen molar-refractivity contribution in [2.45, 2.75) is 193 Å². The van der Waals surface area contributed by atoms with Crippen LogP contribution in [0.4, 0.5) is 0 Å². The monoisotopic (exact) mass is 684 g/mol. The molecule has 1 aliphatic rings. The largest absolute Gasteiger partial charge is 0.498 e. The second-order valence-corrected chi connectivity index (χ2v) is 15.2. The molecule has 1 aliphatic heterocycles. The lowest BCUT2D eigenvalue weighted by Crippen LogP contribution is -2.28. The summed E-state index contributed by atoms with van der Waals surface area (Å²) in [6.45, 7) is 5.48. The van der Waals surface area contributed by atoms with Gasteiger partial charge in [0.1, 0.15) is 6.61 Å². The summed E-state index contributed by atoms with van der Waals surface area (Å²) in [7, 11) is -3.32. The summed E-state index contributed by atoms with van der Waals surface area (Å²) in [5.41, 5.74) is 0. The molecule has 276 valence electrons. The van der Waals surface area contributed by atoms with Crippen molar-refractivity contribution in [3.63, 3.8) is 0 Å². The van der Waals surface area contributed by atoms with E-state index in [-0.39, 0.29) is 19.2 Å². The summed E-state index contributed by atoms with van der Waals surface area (Å²) in [5, 5.41) is 2.76. The highest BCUT2D eigenvalue weighted by molar-refractivity contribution is 7.51. The number of rotatable bonds is 35. The third kappa shape index (κ3) is 29.5. The molecule has 1 N–H and O–H groups in total. The molecule has 0 aromatic rings. The highest BCUT2D eigenvalue weighted by Crippen LogP contribution is 2.46. The Hall–Kier alpha value is -1.14. The molecule has 7 nitrogen and oxygen atoms in total. The molecule has 0 aromatic heterocycles. The molecule has 0 amide bonds. The maximum atomic E-state index is 12.6. The molecule has 0 aromatic carbocycles. The van der Waals surface area contributed by atoms with Crippen LogP contribution in [0.15, 0.2) is 24.5 Å². The van der Waals surface area contributed by atoms with Crippen LogP contribution in [0.3, 0.4) is 0 Å². The predicted molar refractivity (Wildman–Crippen MR) is 198 cm³/mol. The molecule has 1 rings (SSSR count). The van der Waals surface area contributed by atoms with E-state index in [9.17, 15) is 9.36 Å². The molecule has 1 saturated heterocycles. The first-order valence-electron chi connectivity index (χ1n) is 19.8. The molecular weight excluding hydrogens is 609 g/mol. The zero-order valence-corrected chi connectivity index (χ0v) is 31.6. The van der Waals surface area contributed by atoms with Crippen molar-refractivity contribution in [2.24, 2.45) is 0 Å². The molecule has 0 radical (unpaired) electrons. The van der Waals surface area contributed by atoms with E-state index in [1.165, 1.54) is 128 Å². The van der Waals surface area contributed by atoms with Crippen LogP contribution in [-0.2, 0) is 27.9 Å². The minimum Gasteiger partial charge on any atom is -0.498 e. The number of esters is 1. The zero-order valence-electron chi connectivity index (χ0n) is 30.7. The Bertz CT molecular complexity index is 794. The van der Waals surface area contributed by atoms with Crippen LogP contribution < -0.4 is 5.09 Å². The highest BCUT2D eigenvalue weighted by Gasteiger charge is 2.31. The van der Waals surface area contributed by atoms with Gasteiger partial charge in [0.25, 0.3) is 0 Å². The van der Waals surface area contributed by atoms with Crippen LogP contribution in [0.25, 0.3) is 0 Å². The smallest absolute Gasteiger partial charge is 0.405 e. The quantitative estimate of drug-likeness (QED) is 0.0234. The summed E-state index contributed by atoms with van der Waals surface area (Å²) in [5.74, 6) is -0.265.